The van der Waals surface area contributed by atoms with Gasteiger partial charge in [-0.3, -0.25) is 14.4 Å². The van der Waals surface area contributed by atoms with E-state index in [1.807, 2.05) is 6.92 Å². The zero-order valence-electron chi connectivity index (χ0n) is 13.5. The Bertz CT molecular complexity index is 791. The maximum atomic E-state index is 12.6. The predicted molar refractivity (Wildman–Crippen MR) is 83.6 cm³/mol. The summed E-state index contributed by atoms with van der Waals surface area (Å²) >= 11 is 0. The van der Waals surface area contributed by atoms with Crippen molar-refractivity contribution in [1.29, 1.82) is 0 Å². The molecule has 0 amide bonds. The summed E-state index contributed by atoms with van der Waals surface area (Å²) in [5, 5.41) is 7.11. The van der Waals surface area contributed by atoms with Gasteiger partial charge in [-0.05, 0) is 20.4 Å². The fraction of sp³-hybridized carbons (Fsp3) is 0.467. The SMILES string of the molecule is CCOC(=O)Cn1c(C=O)c(CNC)c(=O)n2nc(CC)cc12. The first-order valence-electron chi connectivity index (χ1n) is 7.47. The van der Waals surface area contributed by atoms with Crippen LogP contribution in [0.25, 0.3) is 5.65 Å². The van der Waals surface area contributed by atoms with Gasteiger partial charge in [0.25, 0.3) is 5.56 Å². The monoisotopic (exact) mass is 320 g/mol. The third kappa shape index (κ3) is 3.16. The van der Waals surface area contributed by atoms with Crippen molar-refractivity contribution in [2.24, 2.45) is 0 Å². The van der Waals surface area contributed by atoms with E-state index in [9.17, 15) is 14.4 Å². The highest BCUT2D eigenvalue weighted by molar-refractivity contribution is 5.78. The van der Waals surface area contributed by atoms with Crippen LogP contribution in [0.3, 0.4) is 0 Å². The largest absolute Gasteiger partial charge is 0.465 e. The summed E-state index contributed by atoms with van der Waals surface area (Å²) in [5.74, 6) is -0.476. The van der Waals surface area contributed by atoms with E-state index in [0.29, 0.717) is 24.0 Å². The van der Waals surface area contributed by atoms with E-state index in [1.165, 1.54) is 9.08 Å². The Morgan fingerprint density at radius 3 is 2.74 bits per heavy atom. The number of aryl methyl sites for hydroxylation is 1. The number of rotatable bonds is 7. The van der Waals surface area contributed by atoms with Crippen LogP contribution in [0, 0.1) is 0 Å². The summed E-state index contributed by atoms with van der Waals surface area (Å²) < 4.78 is 7.67. The van der Waals surface area contributed by atoms with Gasteiger partial charge in [-0.25, -0.2) is 0 Å². The summed E-state index contributed by atoms with van der Waals surface area (Å²) in [5.41, 5.74) is 1.17. The van der Waals surface area contributed by atoms with E-state index < -0.39 is 5.97 Å². The molecule has 0 aliphatic rings. The first kappa shape index (κ1) is 16.9. The van der Waals surface area contributed by atoms with E-state index in [-0.39, 0.29) is 36.5 Å². The lowest BCUT2D eigenvalue weighted by Crippen LogP contribution is -2.31. The van der Waals surface area contributed by atoms with E-state index in [4.69, 9.17) is 4.74 Å². The molecule has 0 saturated heterocycles. The minimum Gasteiger partial charge on any atom is -0.465 e. The third-order valence-electron chi connectivity index (χ3n) is 3.49. The molecule has 2 rings (SSSR count). The molecule has 8 nitrogen and oxygen atoms in total. The molecule has 0 fully saturated rings. The first-order valence-corrected chi connectivity index (χ1v) is 7.47. The zero-order chi connectivity index (χ0) is 17.0. The summed E-state index contributed by atoms with van der Waals surface area (Å²) in [4.78, 5) is 36.0. The van der Waals surface area contributed by atoms with Crippen molar-refractivity contribution in [3.05, 3.63) is 33.4 Å². The van der Waals surface area contributed by atoms with Crippen molar-refractivity contribution in [3.8, 4) is 0 Å². The first-order chi connectivity index (χ1) is 11.1. The number of esters is 1. The maximum absolute atomic E-state index is 12.6. The average molecular weight is 320 g/mol. The minimum absolute atomic E-state index is 0.156. The number of carbonyl (C=O) groups excluding carboxylic acids is 2. The number of aldehydes is 1. The van der Waals surface area contributed by atoms with Crippen molar-refractivity contribution in [2.45, 2.75) is 33.4 Å². The zero-order valence-corrected chi connectivity index (χ0v) is 13.5. The summed E-state index contributed by atoms with van der Waals surface area (Å²) in [6, 6.07) is 1.71. The Hall–Kier alpha value is -2.48. The van der Waals surface area contributed by atoms with Crippen LogP contribution in [0.5, 0.6) is 0 Å². The highest BCUT2D eigenvalue weighted by Gasteiger charge is 2.20. The van der Waals surface area contributed by atoms with Gasteiger partial charge in [0.2, 0.25) is 0 Å². The van der Waals surface area contributed by atoms with Gasteiger partial charge >= 0.3 is 5.97 Å². The quantitative estimate of drug-likeness (QED) is 0.576. The number of nitrogens with zero attached hydrogens (tertiary/aromatic N) is 3. The van der Waals surface area contributed by atoms with Crippen molar-refractivity contribution in [2.75, 3.05) is 13.7 Å². The fourth-order valence-corrected chi connectivity index (χ4v) is 2.44. The van der Waals surface area contributed by atoms with Crippen LogP contribution >= 0.6 is 0 Å². The van der Waals surface area contributed by atoms with Crippen molar-refractivity contribution < 1.29 is 14.3 Å². The second-order valence-corrected chi connectivity index (χ2v) is 4.97. The number of hydrogen-bond donors (Lipinski definition) is 1. The number of carbonyl (C=O) groups is 2. The molecule has 23 heavy (non-hydrogen) atoms. The second kappa shape index (κ2) is 7.19. The molecular formula is C15H20N4O4. The van der Waals surface area contributed by atoms with Crippen molar-refractivity contribution in [3.63, 3.8) is 0 Å². The van der Waals surface area contributed by atoms with Crippen LogP contribution in [0.4, 0.5) is 0 Å². The van der Waals surface area contributed by atoms with Crippen LogP contribution in [-0.4, -0.2) is 40.1 Å². The van der Waals surface area contributed by atoms with Crippen molar-refractivity contribution in [1.82, 2.24) is 19.5 Å². The number of hydrogen-bond acceptors (Lipinski definition) is 6. The molecule has 0 atom stereocenters. The van der Waals surface area contributed by atoms with Gasteiger partial charge in [-0.15, -0.1) is 0 Å². The van der Waals surface area contributed by atoms with E-state index in [0.717, 1.165) is 0 Å². The maximum Gasteiger partial charge on any atom is 0.326 e. The van der Waals surface area contributed by atoms with Gasteiger partial charge in [-0.1, -0.05) is 6.92 Å². The molecular weight excluding hydrogens is 300 g/mol. The molecule has 0 aromatic carbocycles. The molecule has 0 spiro atoms. The second-order valence-electron chi connectivity index (χ2n) is 4.97. The molecule has 0 aliphatic carbocycles. The molecule has 2 aromatic rings. The highest BCUT2D eigenvalue weighted by atomic mass is 16.5. The van der Waals surface area contributed by atoms with Gasteiger partial charge in [0.1, 0.15) is 12.2 Å². The Morgan fingerprint density at radius 1 is 1.43 bits per heavy atom. The molecule has 124 valence electrons. The topological polar surface area (TPSA) is 94.7 Å². The molecule has 2 aromatic heterocycles. The number of ether oxygens (including phenoxy) is 1. The smallest absolute Gasteiger partial charge is 0.326 e. The third-order valence-corrected chi connectivity index (χ3v) is 3.49. The Labute approximate surface area is 133 Å². The molecule has 0 bridgehead atoms. The number of aromatic nitrogens is 3. The molecule has 0 radical (unpaired) electrons. The van der Waals surface area contributed by atoms with Gasteiger partial charge < -0.3 is 14.6 Å². The van der Waals surface area contributed by atoms with Gasteiger partial charge in [0.05, 0.1) is 23.6 Å². The molecule has 0 unspecified atom stereocenters. The Balaban J connectivity index is 2.75. The summed E-state index contributed by atoms with van der Waals surface area (Å²) in [6.07, 6.45) is 1.23. The molecule has 8 heteroatoms. The van der Waals surface area contributed by atoms with E-state index >= 15 is 0 Å². The molecule has 0 saturated carbocycles. The minimum atomic E-state index is -0.476. The lowest BCUT2D eigenvalue weighted by atomic mass is 10.2. The van der Waals surface area contributed by atoms with Crippen molar-refractivity contribution >= 4 is 17.9 Å². The molecule has 2 heterocycles. The molecule has 1 N–H and O–H groups in total. The normalized spacial score (nSPS) is 10.9. The Kier molecular flexibility index (Phi) is 5.28. The number of fused-ring (bicyclic) bond motifs is 1. The van der Waals surface area contributed by atoms with E-state index in [2.05, 4.69) is 10.4 Å². The van der Waals surface area contributed by atoms with Crippen LogP contribution in [-0.2, 0) is 29.0 Å². The van der Waals surface area contributed by atoms with Gasteiger partial charge in [0, 0.05) is 12.6 Å². The van der Waals surface area contributed by atoms with Crippen LogP contribution in [0.15, 0.2) is 10.9 Å². The summed E-state index contributed by atoms with van der Waals surface area (Å²) in [6.45, 7) is 3.91. The predicted octanol–water partition coefficient (Wildman–Crippen LogP) is 0.153. The Morgan fingerprint density at radius 2 is 2.17 bits per heavy atom. The van der Waals surface area contributed by atoms with E-state index in [1.54, 1.807) is 20.0 Å². The molecule has 0 aliphatic heterocycles. The number of nitrogens with one attached hydrogen (secondary N) is 1. The van der Waals surface area contributed by atoms with Gasteiger partial charge in [-0.2, -0.15) is 9.61 Å². The van der Waals surface area contributed by atoms with Crippen LogP contribution in [0.2, 0.25) is 0 Å². The van der Waals surface area contributed by atoms with Gasteiger partial charge in [0.15, 0.2) is 6.29 Å². The fourth-order valence-electron chi connectivity index (χ4n) is 2.44. The lowest BCUT2D eigenvalue weighted by molar-refractivity contribution is -0.143. The average Bonchev–Trinajstić information content (AvgIpc) is 2.97. The lowest BCUT2D eigenvalue weighted by Gasteiger charge is -2.14. The summed E-state index contributed by atoms with van der Waals surface area (Å²) in [7, 11) is 1.68. The van der Waals surface area contributed by atoms with Crippen LogP contribution in [0.1, 0.15) is 35.6 Å². The van der Waals surface area contributed by atoms with Crippen LogP contribution < -0.4 is 10.9 Å². The standard InChI is InChI=1S/C15H20N4O4/c1-4-10-6-13-18(8-14(21)23-5-2)12(9-20)11(7-16-3)15(22)19(13)17-10/h6,9,16H,4-5,7-8H2,1-3H3. The highest BCUT2D eigenvalue weighted by Crippen LogP contribution is 2.12.